The quantitative estimate of drug-likeness (QED) is 0.670. The SMILES string of the molecule is CNCCN1C(=O)C(C)(C)c2cc3[nH]c4c(c3cc21)CCCc1cn[nH]c1-4. The Morgan fingerprint density at radius 3 is 2.93 bits per heavy atom. The summed E-state index contributed by atoms with van der Waals surface area (Å²) in [6.45, 7) is 5.52. The van der Waals surface area contributed by atoms with Crippen molar-refractivity contribution in [2.75, 3.05) is 25.0 Å². The fraction of sp³-hybridized carbons (Fsp3) is 0.429. The maximum Gasteiger partial charge on any atom is 0.237 e. The number of nitrogens with zero attached hydrogens (tertiary/aromatic N) is 2. The van der Waals surface area contributed by atoms with Gasteiger partial charge < -0.3 is 15.2 Å². The molecule has 6 nitrogen and oxygen atoms in total. The van der Waals surface area contributed by atoms with Gasteiger partial charge in [0.05, 0.1) is 23.0 Å². The van der Waals surface area contributed by atoms with Gasteiger partial charge in [0, 0.05) is 29.7 Å². The van der Waals surface area contributed by atoms with Crippen molar-refractivity contribution < 1.29 is 4.79 Å². The zero-order chi connectivity index (χ0) is 18.8. The Balaban J connectivity index is 1.73. The summed E-state index contributed by atoms with van der Waals surface area (Å²) in [6, 6.07) is 4.41. The number of rotatable bonds is 3. The Bertz CT molecular complexity index is 1060. The lowest BCUT2D eigenvalue weighted by Gasteiger charge is -2.20. The first kappa shape index (κ1) is 16.6. The number of fused-ring (bicyclic) bond motifs is 6. The van der Waals surface area contributed by atoms with Gasteiger partial charge in [-0.25, -0.2) is 0 Å². The monoisotopic (exact) mass is 363 g/mol. The fourth-order valence-corrected chi connectivity index (χ4v) is 4.66. The molecule has 3 N–H and O–H groups in total. The number of nitrogens with one attached hydrogen (secondary N) is 3. The summed E-state index contributed by atoms with van der Waals surface area (Å²) in [5, 5.41) is 11.8. The predicted molar refractivity (Wildman–Crippen MR) is 107 cm³/mol. The number of aromatic amines is 2. The highest BCUT2D eigenvalue weighted by molar-refractivity contribution is 6.10. The number of amides is 1. The number of hydrogen-bond acceptors (Lipinski definition) is 3. The molecule has 0 radical (unpaired) electrons. The number of hydrogen-bond donors (Lipinski definition) is 3. The normalized spacial score (nSPS) is 17.7. The minimum absolute atomic E-state index is 0.183. The fourth-order valence-electron chi connectivity index (χ4n) is 4.66. The molecule has 1 aromatic carbocycles. The second-order valence-corrected chi connectivity index (χ2v) is 8.20. The van der Waals surface area contributed by atoms with Gasteiger partial charge in [0.2, 0.25) is 5.91 Å². The molecule has 0 saturated heterocycles. The molecule has 1 aliphatic carbocycles. The summed E-state index contributed by atoms with van der Waals surface area (Å²) in [7, 11) is 1.92. The van der Waals surface area contributed by atoms with Crippen LogP contribution in [0.2, 0.25) is 0 Å². The number of aryl methyl sites for hydroxylation is 2. The number of H-pyrrole nitrogens is 2. The summed E-state index contributed by atoms with van der Waals surface area (Å²) in [4.78, 5) is 18.6. The van der Waals surface area contributed by atoms with E-state index in [9.17, 15) is 4.79 Å². The Labute approximate surface area is 158 Å². The first-order chi connectivity index (χ1) is 13.0. The highest BCUT2D eigenvalue weighted by Crippen LogP contribution is 2.45. The summed E-state index contributed by atoms with van der Waals surface area (Å²) in [5.74, 6) is 0.183. The van der Waals surface area contributed by atoms with Crippen molar-refractivity contribution in [1.82, 2.24) is 20.5 Å². The van der Waals surface area contributed by atoms with Crippen molar-refractivity contribution in [1.29, 1.82) is 0 Å². The average molecular weight is 363 g/mol. The van der Waals surface area contributed by atoms with Gasteiger partial charge in [-0.15, -0.1) is 0 Å². The molecule has 3 heterocycles. The van der Waals surface area contributed by atoms with Crippen LogP contribution in [0.4, 0.5) is 5.69 Å². The van der Waals surface area contributed by atoms with Crippen LogP contribution in [0.15, 0.2) is 18.3 Å². The van der Waals surface area contributed by atoms with Gasteiger partial charge in [0.15, 0.2) is 0 Å². The van der Waals surface area contributed by atoms with Gasteiger partial charge in [-0.05, 0) is 69.0 Å². The molecule has 0 spiro atoms. The summed E-state index contributed by atoms with van der Waals surface area (Å²) in [6.07, 6.45) is 5.12. The van der Waals surface area contributed by atoms with Crippen molar-refractivity contribution in [2.24, 2.45) is 0 Å². The maximum atomic E-state index is 13.0. The van der Waals surface area contributed by atoms with Crippen LogP contribution in [0.25, 0.3) is 22.3 Å². The largest absolute Gasteiger partial charge is 0.353 e. The number of benzene rings is 1. The van der Waals surface area contributed by atoms with Crippen molar-refractivity contribution in [3.05, 3.63) is 35.0 Å². The van der Waals surface area contributed by atoms with Crippen LogP contribution in [0.5, 0.6) is 0 Å². The van der Waals surface area contributed by atoms with E-state index in [0.29, 0.717) is 6.54 Å². The zero-order valence-electron chi connectivity index (χ0n) is 16.1. The Hall–Kier alpha value is -2.60. The van der Waals surface area contributed by atoms with Crippen molar-refractivity contribution in [3.8, 4) is 11.4 Å². The van der Waals surface area contributed by atoms with Crippen LogP contribution in [0, 0.1) is 0 Å². The number of carbonyl (C=O) groups is 1. The molecule has 0 bridgehead atoms. The van der Waals surface area contributed by atoms with E-state index < -0.39 is 5.41 Å². The van der Waals surface area contributed by atoms with E-state index in [0.717, 1.165) is 54.0 Å². The molecular formula is C21H25N5O. The number of aromatic nitrogens is 3. The average Bonchev–Trinajstić information content (AvgIpc) is 3.26. The highest BCUT2D eigenvalue weighted by atomic mass is 16.2. The molecule has 1 aliphatic heterocycles. The van der Waals surface area contributed by atoms with Crippen LogP contribution >= 0.6 is 0 Å². The molecule has 0 atom stereocenters. The lowest BCUT2D eigenvalue weighted by Crippen LogP contribution is -2.39. The first-order valence-electron chi connectivity index (χ1n) is 9.70. The van der Waals surface area contributed by atoms with E-state index in [4.69, 9.17) is 0 Å². The van der Waals surface area contributed by atoms with E-state index in [1.807, 2.05) is 32.0 Å². The third kappa shape index (κ3) is 2.22. The van der Waals surface area contributed by atoms with Crippen LogP contribution in [0.1, 0.15) is 37.0 Å². The lowest BCUT2D eigenvalue weighted by atomic mass is 9.85. The molecule has 2 aliphatic rings. The molecule has 27 heavy (non-hydrogen) atoms. The van der Waals surface area contributed by atoms with E-state index in [2.05, 4.69) is 32.6 Å². The molecule has 0 unspecified atom stereocenters. The third-order valence-corrected chi connectivity index (χ3v) is 6.19. The van der Waals surface area contributed by atoms with Gasteiger partial charge in [-0.2, -0.15) is 5.10 Å². The molecule has 2 aromatic heterocycles. The minimum Gasteiger partial charge on any atom is -0.353 e. The minimum atomic E-state index is -0.501. The summed E-state index contributed by atoms with van der Waals surface area (Å²) in [5.41, 5.74) is 7.66. The van der Waals surface area contributed by atoms with Crippen molar-refractivity contribution in [3.63, 3.8) is 0 Å². The number of anilines is 1. The van der Waals surface area contributed by atoms with Crippen LogP contribution in [-0.2, 0) is 23.1 Å². The molecule has 1 amide bonds. The van der Waals surface area contributed by atoms with E-state index in [-0.39, 0.29) is 5.91 Å². The van der Waals surface area contributed by atoms with Gasteiger partial charge in [-0.1, -0.05) is 0 Å². The van der Waals surface area contributed by atoms with Crippen molar-refractivity contribution >= 4 is 22.5 Å². The lowest BCUT2D eigenvalue weighted by molar-refractivity contribution is -0.122. The second-order valence-electron chi connectivity index (χ2n) is 8.20. The maximum absolute atomic E-state index is 13.0. The Kier molecular flexibility index (Phi) is 3.49. The van der Waals surface area contributed by atoms with Crippen LogP contribution in [0.3, 0.4) is 0 Å². The van der Waals surface area contributed by atoms with Crippen LogP contribution in [-0.4, -0.2) is 41.2 Å². The number of likely N-dealkylation sites (N-methyl/N-ethyl adjacent to an activating group) is 1. The smallest absolute Gasteiger partial charge is 0.237 e. The van der Waals surface area contributed by atoms with E-state index in [1.165, 1.54) is 16.5 Å². The summed E-state index contributed by atoms with van der Waals surface area (Å²) >= 11 is 0. The molecule has 6 heteroatoms. The van der Waals surface area contributed by atoms with E-state index >= 15 is 0 Å². The highest BCUT2D eigenvalue weighted by Gasteiger charge is 2.44. The third-order valence-electron chi connectivity index (χ3n) is 6.19. The predicted octanol–water partition coefficient (Wildman–Crippen LogP) is 2.89. The van der Waals surface area contributed by atoms with Gasteiger partial charge in [-0.3, -0.25) is 9.89 Å². The molecule has 0 fully saturated rings. The second kappa shape index (κ2) is 5.70. The summed E-state index contributed by atoms with van der Waals surface area (Å²) < 4.78 is 0. The van der Waals surface area contributed by atoms with Gasteiger partial charge in [0.25, 0.3) is 0 Å². The molecule has 5 rings (SSSR count). The van der Waals surface area contributed by atoms with Crippen molar-refractivity contribution in [2.45, 2.75) is 38.5 Å². The molecule has 0 saturated carbocycles. The van der Waals surface area contributed by atoms with E-state index in [1.54, 1.807) is 0 Å². The molecule has 140 valence electrons. The number of carbonyl (C=O) groups excluding carboxylic acids is 1. The van der Waals surface area contributed by atoms with Gasteiger partial charge >= 0.3 is 0 Å². The first-order valence-corrected chi connectivity index (χ1v) is 9.70. The Morgan fingerprint density at radius 2 is 2.11 bits per heavy atom. The standard InChI is InChI=1S/C21H25N5O/c1-21(2)15-10-16-14(9-17(15)26(20(21)27)8-7-22-3)13-6-4-5-12-11-23-25-18(12)19(13)24-16/h9-11,22,24H,4-8H2,1-3H3,(H,23,25). The molecular weight excluding hydrogens is 338 g/mol. The van der Waals surface area contributed by atoms with Crippen LogP contribution < -0.4 is 10.2 Å². The topological polar surface area (TPSA) is 76.8 Å². The zero-order valence-corrected chi connectivity index (χ0v) is 16.1. The molecule has 3 aromatic rings. The Morgan fingerprint density at radius 1 is 1.26 bits per heavy atom. The van der Waals surface area contributed by atoms with Gasteiger partial charge in [0.1, 0.15) is 0 Å².